The molecule has 1 aliphatic rings. The monoisotopic (exact) mass is 230 g/mol. The van der Waals surface area contributed by atoms with Crippen LogP contribution in [0.4, 0.5) is 8.78 Å². The van der Waals surface area contributed by atoms with Crippen molar-refractivity contribution in [3.05, 3.63) is 35.4 Å². The molecule has 4 heteroatoms. The number of hydrogen-bond acceptors (Lipinski definition) is 1. The van der Waals surface area contributed by atoms with E-state index in [4.69, 9.17) is 11.6 Å². The molecule has 1 nitrogen and oxygen atoms in total. The Hall–Kier alpha value is -0.960. The van der Waals surface area contributed by atoms with Crippen molar-refractivity contribution in [3.8, 4) is 0 Å². The maximum absolute atomic E-state index is 12.6. The molecule has 0 aliphatic heterocycles. The number of alkyl halides is 2. The smallest absolute Gasteiger partial charge is 0.252 e. The van der Waals surface area contributed by atoms with E-state index in [9.17, 15) is 13.6 Å². The summed E-state index contributed by atoms with van der Waals surface area (Å²) in [5.41, 5.74) is 1.24. The molecule has 0 aromatic heterocycles. The third kappa shape index (κ3) is 2.17. The summed E-state index contributed by atoms with van der Waals surface area (Å²) in [4.78, 5) is 10.8. The zero-order valence-electron chi connectivity index (χ0n) is 7.84. The van der Waals surface area contributed by atoms with Crippen molar-refractivity contribution in [1.82, 2.24) is 0 Å². The third-order valence-corrected chi connectivity index (χ3v) is 2.92. The lowest BCUT2D eigenvalue weighted by Gasteiger charge is -2.35. The van der Waals surface area contributed by atoms with Crippen molar-refractivity contribution < 1.29 is 13.6 Å². The minimum Gasteiger partial charge on any atom is -0.276 e. The first-order chi connectivity index (χ1) is 6.98. The van der Waals surface area contributed by atoms with Gasteiger partial charge >= 0.3 is 0 Å². The summed E-state index contributed by atoms with van der Waals surface area (Å²) >= 11 is 5.27. The van der Waals surface area contributed by atoms with E-state index in [0.29, 0.717) is 5.56 Å². The number of carbonyl (C=O) groups excluding carboxylic acids is 1. The second-order valence-corrected chi connectivity index (χ2v) is 4.20. The van der Waals surface area contributed by atoms with E-state index in [1.807, 2.05) is 0 Å². The Bertz CT molecular complexity index is 378. The predicted octanol–water partition coefficient (Wildman–Crippen LogP) is 3.58. The maximum Gasteiger partial charge on any atom is 0.252 e. The molecule has 80 valence electrons. The van der Waals surface area contributed by atoms with Crippen LogP contribution in [0.3, 0.4) is 0 Å². The second kappa shape index (κ2) is 3.56. The van der Waals surface area contributed by atoms with Crippen LogP contribution in [0.1, 0.15) is 34.7 Å². The van der Waals surface area contributed by atoms with Crippen LogP contribution < -0.4 is 0 Å². The van der Waals surface area contributed by atoms with Gasteiger partial charge in [-0.2, -0.15) is 0 Å². The summed E-state index contributed by atoms with van der Waals surface area (Å²) in [5.74, 6) is -2.59. The zero-order valence-corrected chi connectivity index (χ0v) is 8.60. The third-order valence-electron chi connectivity index (χ3n) is 2.70. The zero-order chi connectivity index (χ0) is 11.1. The fourth-order valence-corrected chi connectivity index (χ4v) is 1.91. The van der Waals surface area contributed by atoms with Crippen molar-refractivity contribution >= 4 is 16.8 Å². The Morgan fingerprint density at radius 1 is 1.27 bits per heavy atom. The van der Waals surface area contributed by atoms with Crippen molar-refractivity contribution in [2.75, 3.05) is 0 Å². The molecule has 0 spiro atoms. The molecule has 1 fully saturated rings. The lowest BCUT2D eigenvalue weighted by molar-refractivity contribution is -0.0867. The van der Waals surface area contributed by atoms with Gasteiger partial charge in [0, 0.05) is 18.4 Å². The molecule has 15 heavy (non-hydrogen) atoms. The Morgan fingerprint density at radius 2 is 1.80 bits per heavy atom. The summed E-state index contributed by atoms with van der Waals surface area (Å²) < 4.78 is 25.2. The second-order valence-electron chi connectivity index (χ2n) is 3.86. The van der Waals surface area contributed by atoms with E-state index < -0.39 is 11.2 Å². The van der Waals surface area contributed by atoms with E-state index in [1.54, 1.807) is 24.3 Å². The molecule has 1 aromatic rings. The molecule has 2 rings (SSSR count). The van der Waals surface area contributed by atoms with Crippen LogP contribution in [0.2, 0.25) is 0 Å². The highest BCUT2D eigenvalue weighted by Gasteiger charge is 2.45. The van der Waals surface area contributed by atoms with Gasteiger partial charge in [0.15, 0.2) is 0 Å². The molecule has 0 unspecified atom stereocenters. The van der Waals surface area contributed by atoms with Crippen molar-refractivity contribution in [3.63, 3.8) is 0 Å². The van der Waals surface area contributed by atoms with Gasteiger partial charge in [0.05, 0.1) is 0 Å². The van der Waals surface area contributed by atoms with Gasteiger partial charge in [0.2, 0.25) is 5.92 Å². The Labute approximate surface area is 91.0 Å². The molecule has 1 aromatic carbocycles. The molecule has 0 radical (unpaired) electrons. The molecule has 0 saturated heterocycles. The Balaban J connectivity index is 2.09. The number of carbonyl (C=O) groups is 1. The maximum atomic E-state index is 12.6. The fraction of sp³-hybridized carbons (Fsp3) is 0.364. The minimum absolute atomic E-state index is 0.0838. The van der Waals surface area contributed by atoms with Gasteiger partial charge in [-0.3, -0.25) is 4.79 Å². The Kier molecular flexibility index (Phi) is 2.51. The van der Waals surface area contributed by atoms with Crippen molar-refractivity contribution in [2.45, 2.75) is 24.7 Å². The van der Waals surface area contributed by atoms with Crippen LogP contribution in [0.5, 0.6) is 0 Å². The quantitative estimate of drug-likeness (QED) is 0.710. The van der Waals surface area contributed by atoms with Crippen LogP contribution in [-0.4, -0.2) is 11.2 Å². The molecule has 0 atom stereocenters. The van der Waals surface area contributed by atoms with Gasteiger partial charge in [-0.15, -0.1) is 0 Å². The van der Waals surface area contributed by atoms with Gasteiger partial charge in [0.25, 0.3) is 5.24 Å². The van der Waals surface area contributed by atoms with Crippen molar-refractivity contribution in [2.24, 2.45) is 0 Å². The van der Waals surface area contributed by atoms with E-state index in [-0.39, 0.29) is 18.8 Å². The number of benzene rings is 1. The summed E-state index contributed by atoms with van der Waals surface area (Å²) in [6, 6.07) is 6.52. The van der Waals surface area contributed by atoms with E-state index in [0.717, 1.165) is 5.56 Å². The first-order valence-electron chi connectivity index (χ1n) is 4.65. The fourth-order valence-electron chi connectivity index (χ4n) is 1.78. The highest BCUT2D eigenvalue weighted by atomic mass is 35.5. The number of halogens is 3. The largest absolute Gasteiger partial charge is 0.276 e. The van der Waals surface area contributed by atoms with Gasteiger partial charge in [-0.05, 0) is 35.2 Å². The molecule has 0 heterocycles. The van der Waals surface area contributed by atoms with Gasteiger partial charge in [-0.25, -0.2) is 8.78 Å². The lowest BCUT2D eigenvalue weighted by atomic mass is 9.76. The van der Waals surface area contributed by atoms with Gasteiger partial charge < -0.3 is 0 Å². The topological polar surface area (TPSA) is 17.1 Å². The van der Waals surface area contributed by atoms with Crippen molar-refractivity contribution in [1.29, 1.82) is 0 Å². The highest BCUT2D eigenvalue weighted by Crippen LogP contribution is 2.48. The lowest BCUT2D eigenvalue weighted by Crippen LogP contribution is -2.33. The van der Waals surface area contributed by atoms with Gasteiger partial charge in [0.1, 0.15) is 0 Å². The predicted molar refractivity (Wildman–Crippen MR) is 53.5 cm³/mol. The number of rotatable bonds is 2. The standard InChI is InChI=1S/C11H9ClF2O/c12-10(15)8-3-1-7(2-4-8)9-5-11(13,14)6-9/h1-4,9H,5-6H2. The Morgan fingerprint density at radius 3 is 2.20 bits per heavy atom. The average molecular weight is 231 g/mol. The molecular formula is C11H9ClF2O. The van der Waals surface area contributed by atoms with Crippen LogP contribution in [-0.2, 0) is 0 Å². The van der Waals surface area contributed by atoms with Crippen LogP contribution in [0.15, 0.2) is 24.3 Å². The van der Waals surface area contributed by atoms with E-state index in [1.165, 1.54) is 0 Å². The SMILES string of the molecule is O=C(Cl)c1ccc(C2CC(F)(F)C2)cc1. The van der Waals surface area contributed by atoms with Crippen LogP contribution >= 0.6 is 11.6 Å². The molecule has 0 amide bonds. The highest BCUT2D eigenvalue weighted by molar-refractivity contribution is 6.67. The minimum atomic E-state index is -2.51. The molecule has 1 aliphatic carbocycles. The normalized spacial score (nSPS) is 19.7. The first kappa shape index (κ1) is 10.6. The summed E-state index contributed by atoms with van der Waals surface area (Å²) in [5, 5.41) is -0.527. The summed E-state index contributed by atoms with van der Waals surface area (Å²) in [6.45, 7) is 0. The van der Waals surface area contributed by atoms with E-state index >= 15 is 0 Å². The summed E-state index contributed by atoms with van der Waals surface area (Å²) in [7, 11) is 0. The molecule has 1 saturated carbocycles. The van der Waals surface area contributed by atoms with E-state index in [2.05, 4.69) is 0 Å². The molecular weight excluding hydrogens is 222 g/mol. The average Bonchev–Trinajstić information content (AvgIpc) is 2.14. The number of hydrogen-bond donors (Lipinski definition) is 0. The first-order valence-corrected chi connectivity index (χ1v) is 5.03. The molecule has 0 N–H and O–H groups in total. The van der Waals surface area contributed by atoms with Crippen LogP contribution in [0, 0.1) is 0 Å². The van der Waals surface area contributed by atoms with Gasteiger partial charge in [-0.1, -0.05) is 12.1 Å². The molecule has 0 bridgehead atoms. The summed E-state index contributed by atoms with van der Waals surface area (Å²) in [6.07, 6.45) is -0.192. The van der Waals surface area contributed by atoms with Crippen LogP contribution in [0.25, 0.3) is 0 Å².